The third-order valence-electron chi connectivity index (χ3n) is 7.63. The van der Waals surface area contributed by atoms with E-state index in [1.54, 1.807) is 12.1 Å². The van der Waals surface area contributed by atoms with Crippen molar-refractivity contribution in [2.75, 3.05) is 19.6 Å². The molecular weight excluding hydrogens is 582 g/mol. The Morgan fingerprint density at radius 1 is 0.833 bits per heavy atom. The molecular formula is C29H33N3O8S2. The number of fused-ring (bicyclic) bond motifs is 2. The van der Waals surface area contributed by atoms with Crippen LogP contribution in [0.1, 0.15) is 46.5 Å². The van der Waals surface area contributed by atoms with Crippen LogP contribution in [0.15, 0.2) is 58.3 Å². The summed E-state index contributed by atoms with van der Waals surface area (Å²) in [6.45, 7) is 4.41. The molecule has 0 saturated carbocycles. The maximum Gasteiger partial charge on any atom is 0.258 e. The third kappa shape index (κ3) is 5.56. The van der Waals surface area contributed by atoms with Crippen LogP contribution in [0.5, 0.6) is 17.2 Å². The van der Waals surface area contributed by atoms with Gasteiger partial charge in [0.05, 0.1) is 10.5 Å². The van der Waals surface area contributed by atoms with Gasteiger partial charge < -0.3 is 20.2 Å². The van der Waals surface area contributed by atoms with Crippen molar-refractivity contribution in [1.29, 1.82) is 0 Å². The Hall–Kier alpha value is -3.65. The molecule has 42 heavy (non-hydrogen) atoms. The molecule has 0 radical (unpaired) electrons. The molecule has 0 bridgehead atoms. The van der Waals surface area contributed by atoms with E-state index in [1.807, 2.05) is 32.0 Å². The zero-order chi connectivity index (χ0) is 30.4. The van der Waals surface area contributed by atoms with Gasteiger partial charge in [-0.05, 0) is 59.2 Å². The molecule has 4 N–H and O–H groups in total. The number of hydrogen-bond acceptors (Lipinski definition) is 8. The van der Waals surface area contributed by atoms with Crippen LogP contribution < -0.4 is 4.72 Å². The first-order valence-electron chi connectivity index (χ1n) is 13.5. The SMILES string of the molecule is CC(C)CNS(=O)(=O)c1ccc2c(c1)CN(C(=O)c1cc(S(=O)(=O)N3CCc4ccccc4C3)c(O)c(O)c1O)CC2. The molecule has 224 valence electrons. The molecule has 5 rings (SSSR count). The maximum atomic E-state index is 13.6. The fourth-order valence-electron chi connectivity index (χ4n) is 5.20. The van der Waals surface area contributed by atoms with Crippen LogP contribution in [0.2, 0.25) is 0 Å². The number of amides is 1. The van der Waals surface area contributed by atoms with E-state index in [0.717, 1.165) is 27.1 Å². The first-order chi connectivity index (χ1) is 19.8. The van der Waals surface area contributed by atoms with Gasteiger partial charge in [-0.25, -0.2) is 21.6 Å². The summed E-state index contributed by atoms with van der Waals surface area (Å²) in [6, 6.07) is 13.0. The maximum absolute atomic E-state index is 13.6. The second kappa shape index (κ2) is 11.2. The van der Waals surface area contributed by atoms with E-state index in [0.29, 0.717) is 18.4 Å². The number of hydrogen-bond donors (Lipinski definition) is 4. The van der Waals surface area contributed by atoms with Crippen molar-refractivity contribution in [2.24, 2.45) is 5.92 Å². The highest BCUT2D eigenvalue weighted by Crippen LogP contribution is 2.44. The Morgan fingerprint density at radius 3 is 2.21 bits per heavy atom. The van der Waals surface area contributed by atoms with E-state index in [9.17, 15) is 36.9 Å². The molecule has 1 amide bonds. The van der Waals surface area contributed by atoms with Crippen molar-refractivity contribution < 1.29 is 36.9 Å². The van der Waals surface area contributed by atoms with Crippen molar-refractivity contribution in [3.05, 3.63) is 76.3 Å². The van der Waals surface area contributed by atoms with Gasteiger partial charge in [-0.1, -0.05) is 44.2 Å². The molecule has 0 spiro atoms. The lowest BCUT2D eigenvalue weighted by molar-refractivity contribution is 0.0730. The molecule has 0 aliphatic carbocycles. The van der Waals surface area contributed by atoms with Crippen molar-refractivity contribution in [3.8, 4) is 17.2 Å². The predicted molar refractivity (Wildman–Crippen MR) is 154 cm³/mol. The largest absolute Gasteiger partial charge is 0.504 e. The second-order valence-electron chi connectivity index (χ2n) is 11.0. The molecule has 13 heteroatoms. The Balaban J connectivity index is 1.44. The van der Waals surface area contributed by atoms with Crippen LogP contribution in [-0.2, 0) is 46.0 Å². The summed E-state index contributed by atoms with van der Waals surface area (Å²) in [7, 11) is -8.15. The number of phenolic OH excluding ortho intramolecular Hbond substituents is 3. The molecule has 2 heterocycles. The second-order valence-corrected chi connectivity index (χ2v) is 14.7. The lowest BCUT2D eigenvalue weighted by Gasteiger charge is -2.30. The van der Waals surface area contributed by atoms with Gasteiger partial charge in [0, 0.05) is 32.7 Å². The minimum atomic E-state index is -4.38. The Bertz CT molecular complexity index is 1770. The van der Waals surface area contributed by atoms with E-state index in [2.05, 4.69) is 4.72 Å². The minimum absolute atomic E-state index is 0.00617. The zero-order valence-corrected chi connectivity index (χ0v) is 24.9. The Labute approximate surface area is 245 Å². The van der Waals surface area contributed by atoms with Gasteiger partial charge in [-0.3, -0.25) is 4.79 Å². The average Bonchev–Trinajstić information content (AvgIpc) is 2.97. The van der Waals surface area contributed by atoms with Crippen LogP contribution in [0, 0.1) is 5.92 Å². The summed E-state index contributed by atoms with van der Waals surface area (Å²) in [6.07, 6.45) is 0.841. The molecule has 0 aromatic heterocycles. The summed E-state index contributed by atoms with van der Waals surface area (Å²) in [5.41, 5.74) is 2.76. The molecule has 0 fully saturated rings. The van der Waals surface area contributed by atoms with E-state index in [1.165, 1.54) is 17.0 Å². The first kappa shape index (κ1) is 29.8. The number of nitrogens with zero attached hydrogens (tertiary/aromatic N) is 2. The summed E-state index contributed by atoms with van der Waals surface area (Å²) < 4.78 is 56.5. The number of nitrogens with one attached hydrogen (secondary N) is 1. The van der Waals surface area contributed by atoms with Crippen molar-refractivity contribution >= 4 is 26.0 Å². The van der Waals surface area contributed by atoms with Crippen molar-refractivity contribution in [3.63, 3.8) is 0 Å². The van der Waals surface area contributed by atoms with Crippen LogP contribution in [0.3, 0.4) is 0 Å². The van der Waals surface area contributed by atoms with Gasteiger partial charge in [-0.15, -0.1) is 0 Å². The van der Waals surface area contributed by atoms with Gasteiger partial charge in [0.15, 0.2) is 11.5 Å². The van der Waals surface area contributed by atoms with Gasteiger partial charge in [0.25, 0.3) is 5.91 Å². The monoisotopic (exact) mass is 615 g/mol. The fraction of sp³-hybridized carbons (Fsp3) is 0.345. The summed E-state index contributed by atoms with van der Waals surface area (Å²) in [4.78, 5) is 14.3. The van der Waals surface area contributed by atoms with Crippen LogP contribution in [0.4, 0.5) is 0 Å². The molecule has 0 saturated heterocycles. The number of aromatic hydroxyl groups is 3. The predicted octanol–water partition coefficient (Wildman–Crippen LogP) is 2.68. The number of rotatable bonds is 7. The van der Waals surface area contributed by atoms with E-state index < -0.39 is 53.7 Å². The van der Waals surface area contributed by atoms with E-state index in [4.69, 9.17) is 0 Å². The normalized spacial score (nSPS) is 15.8. The summed E-state index contributed by atoms with van der Waals surface area (Å²) in [5, 5.41) is 31.7. The van der Waals surface area contributed by atoms with Crippen LogP contribution in [0.25, 0.3) is 0 Å². The molecule has 0 unspecified atom stereocenters. The smallest absolute Gasteiger partial charge is 0.258 e. The minimum Gasteiger partial charge on any atom is -0.504 e. The topological polar surface area (TPSA) is 165 Å². The van der Waals surface area contributed by atoms with E-state index >= 15 is 0 Å². The average molecular weight is 616 g/mol. The Kier molecular flexibility index (Phi) is 7.96. The molecule has 3 aromatic rings. The van der Waals surface area contributed by atoms with E-state index in [-0.39, 0.29) is 43.5 Å². The first-order valence-corrected chi connectivity index (χ1v) is 16.5. The van der Waals surface area contributed by atoms with Crippen LogP contribution >= 0.6 is 0 Å². The number of phenols is 3. The number of carbonyl (C=O) groups is 1. The highest BCUT2D eigenvalue weighted by molar-refractivity contribution is 7.89. The highest BCUT2D eigenvalue weighted by atomic mass is 32.2. The number of benzene rings is 3. The van der Waals surface area contributed by atoms with Crippen molar-refractivity contribution in [1.82, 2.24) is 13.9 Å². The summed E-state index contributed by atoms with van der Waals surface area (Å²) >= 11 is 0. The molecule has 2 aliphatic rings. The molecule has 2 aliphatic heterocycles. The molecule has 11 nitrogen and oxygen atoms in total. The van der Waals surface area contributed by atoms with Gasteiger partial charge in [-0.2, -0.15) is 4.31 Å². The number of carbonyl (C=O) groups excluding carboxylic acids is 1. The van der Waals surface area contributed by atoms with Crippen molar-refractivity contribution in [2.45, 2.75) is 49.6 Å². The highest BCUT2D eigenvalue weighted by Gasteiger charge is 2.35. The molecule has 0 atom stereocenters. The lowest BCUT2D eigenvalue weighted by Crippen LogP contribution is -2.37. The standard InChI is InChI=1S/C29H33N3O8S2/c1-18(2)15-30-41(37,38)23-8-7-20-9-11-31(16-22(20)13-23)29(36)24-14-25(27(34)28(35)26(24)33)42(39,40)32-12-10-19-5-3-4-6-21(19)17-32/h3-8,13-14,18,30,33-35H,9-12,15-17H2,1-2H3. The Morgan fingerprint density at radius 2 is 1.50 bits per heavy atom. The van der Waals surface area contributed by atoms with Gasteiger partial charge in [0.1, 0.15) is 4.90 Å². The fourth-order valence-corrected chi connectivity index (χ4v) is 7.99. The summed E-state index contributed by atoms with van der Waals surface area (Å²) in [5.74, 6) is -3.77. The lowest BCUT2D eigenvalue weighted by atomic mass is 9.99. The quantitative estimate of drug-likeness (QED) is 0.295. The third-order valence-corrected chi connectivity index (χ3v) is 10.9. The van der Waals surface area contributed by atoms with Crippen LogP contribution in [-0.4, -0.2) is 66.9 Å². The van der Waals surface area contributed by atoms with Gasteiger partial charge in [0.2, 0.25) is 25.8 Å². The molecule has 3 aromatic carbocycles. The van der Waals surface area contributed by atoms with Gasteiger partial charge >= 0.3 is 0 Å². The number of sulfonamides is 2. The zero-order valence-electron chi connectivity index (χ0n) is 23.2.